The van der Waals surface area contributed by atoms with Crippen molar-refractivity contribution >= 4 is 44.5 Å². The SMILES string of the molecule is CCS(C)(=O)=Nc1ccc(-n2nc(C)nc2[C@H](C)NC(=O)c2cc(Cl)cc(Cl)c2)nc1. The molecule has 2 aromatic heterocycles. The second-order valence-electron chi connectivity index (χ2n) is 7.00. The van der Waals surface area contributed by atoms with Crippen LogP contribution in [0.25, 0.3) is 5.82 Å². The molecule has 0 saturated carbocycles. The lowest BCUT2D eigenvalue weighted by molar-refractivity contribution is 0.0938. The van der Waals surface area contributed by atoms with Crippen LogP contribution in [0.15, 0.2) is 40.9 Å². The van der Waals surface area contributed by atoms with Crippen molar-refractivity contribution in [2.24, 2.45) is 4.36 Å². The molecule has 0 spiro atoms. The summed E-state index contributed by atoms with van der Waals surface area (Å²) in [7, 11) is -2.28. The summed E-state index contributed by atoms with van der Waals surface area (Å²) in [6.45, 7) is 5.37. The average Bonchev–Trinajstić information content (AvgIpc) is 3.09. The van der Waals surface area contributed by atoms with Crippen LogP contribution < -0.4 is 5.32 Å². The first-order chi connectivity index (χ1) is 14.6. The molecule has 0 radical (unpaired) electrons. The number of pyridine rings is 1. The van der Waals surface area contributed by atoms with Gasteiger partial charge in [-0.05, 0) is 44.2 Å². The zero-order valence-corrected chi connectivity index (χ0v) is 19.8. The third-order valence-electron chi connectivity index (χ3n) is 4.38. The van der Waals surface area contributed by atoms with Crippen molar-refractivity contribution in [3.8, 4) is 5.82 Å². The molecule has 2 heterocycles. The van der Waals surface area contributed by atoms with Crippen LogP contribution in [-0.4, -0.2) is 41.9 Å². The molecule has 0 bridgehead atoms. The van der Waals surface area contributed by atoms with Gasteiger partial charge in [0.15, 0.2) is 11.6 Å². The Bertz CT molecular complexity index is 1210. The zero-order valence-electron chi connectivity index (χ0n) is 17.5. The summed E-state index contributed by atoms with van der Waals surface area (Å²) in [5, 5.41) is 8.02. The number of aryl methyl sites for hydroxylation is 1. The third-order valence-corrected chi connectivity index (χ3v) is 6.49. The van der Waals surface area contributed by atoms with E-state index in [0.29, 0.717) is 44.5 Å². The van der Waals surface area contributed by atoms with Gasteiger partial charge < -0.3 is 5.32 Å². The molecule has 11 heteroatoms. The molecule has 0 aliphatic carbocycles. The Labute approximate surface area is 191 Å². The van der Waals surface area contributed by atoms with E-state index in [1.807, 2.05) is 6.92 Å². The van der Waals surface area contributed by atoms with Crippen molar-refractivity contribution in [2.45, 2.75) is 26.8 Å². The fraction of sp³-hybridized carbons (Fsp3) is 0.300. The molecule has 2 atom stereocenters. The lowest BCUT2D eigenvalue weighted by atomic mass is 10.2. The van der Waals surface area contributed by atoms with E-state index >= 15 is 0 Å². The maximum Gasteiger partial charge on any atom is 0.251 e. The number of rotatable bonds is 6. The minimum absolute atomic E-state index is 0.343. The summed E-state index contributed by atoms with van der Waals surface area (Å²) in [4.78, 5) is 21.5. The van der Waals surface area contributed by atoms with Gasteiger partial charge in [-0.3, -0.25) is 4.79 Å². The second kappa shape index (κ2) is 9.33. The van der Waals surface area contributed by atoms with Crippen LogP contribution in [0.3, 0.4) is 0 Å². The number of benzene rings is 1. The molecular formula is C20H22Cl2N6O2S. The molecule has 0 aliphatic rings. The fourth-order valence-electron chi connectivity index (χ4n) is 2.75. The highest BCUT2D eigenvalue weighted by Gasteiger charge is 2.20. The molecule has 0 aliphatic heterocycles. The van der Waals surface area contributed by atoms with E-state index in [-0.39, 0.29) is 5.91 Å². The molecule has 1 amide bonds. The van der Waals surface area contributed by atoms with Crippen molar-refractivity contribution in [3.05, 3.63) is 63.8 Å². The first-order valence-corrected chi connectivity index (χ1v) is 12.3. The number of hydrogen-bond acceptors (Lipinski definition) is 6. The van der Waals surface area contributed by atoms with E-state index in [9.17, 15) is 9.00 Å². The van der Waals surface area contributed by atoms with Crippen LogP contribution in [0.2, 0.25) is 10.0 Å². The average molecular weight is 481 g/mol. The highest BCUT2D eigenvalue weighted by molar-refractivity contribution is 7.93. The Morgan fingerprint density at radius 1 is 1.26 bits per heavy atom. The van der Waals surface area contributed by atoms with Crippen molar-refractivity contribution in [1.82, 2.24) is 25.1 Å². The molecule has 1 aromatic carbocycles. The van der Waals surface area contributed by atoms with E-state index in [2.05, 4.69) is 24.7 Å². The maximum absolute atomic E-state index is 12.7. The summed E-state index contributed by atoms with van der Waals surface area (Å²) in [6.07, 6.45) is 3.14. The van der Waals surface area contributed by atoms with Gasteiger partial charge in [0, 0.05) is 37.3 Å². The predicted molar refractivity (Wildman–Crippen MR) is 123 cm³/mol. The topological polar surface area (TPSA) is 102 Å². The van der Waals surface area contributed by atoms with Gasteiger partial charge in [-0.2, -0.15) is 9.04 Å². The second-order valence-corrected chi connectivity index (χ2v) is 10.5. The van der Waals surface area contributed by atoms with Gasteiger partial charge in [-0.15, -0.1) is 5.10 Å². The lowest BCUT2D eigenvalue weighted by Crippen LogP contribution is -2.28. The van der Waals surface area contributed by atoms with Crippen LogP contribution in [0.5, 0.6) is 0 Å². The van der Waals surface area contributed by atoms with Gasteiger partial charge in [-0.1, -0.05) is 30.1 Å². The molecule has 3 aromatic rings. The number of halogens is 2. The normalized spacial score (nSPS) is 14.0. The number of carbonyl (C=O) groups is 1. The van der Waals surface area contributed by atoms with Crippen molar-refractivity contribution in [3.63, 3.8) is 0 Å². The Kier molecular flexibility index (Phi) is 6.98. The van der Waals surface area contributed by atoms with E-state index < -0.39 is 15.8 Å². The van der Waals surface area contributed by atoms with Gasteiger partial charge in [0.2, 0.25) is 0 Å². The molecule has 164 valence electrons. The van der Waals surface area contributed by atoms with Crippen molar-refractivity contribution in [1.29, 1.82) is 0 Å². The highest BCUT2D eigenvalue weighted by Crippen LogP contribution is 2.21. The predicted octanol–water partition coefficient (Wildman–Crippen LogP) is 4.52. The number of aromatic nitrogens is 4. The molecule has 8 nitrogen and oxygen atoms in total. The first-order valence-electron chi connectivity index (χ1n) is 9.44. The molecule has 3 rings (SSSR count). The quantitative estimate of drug-likeness (QED) is 0.558. The molecule has 1 N–H and O–H groups in total. The van der Waals surface area contributed by atoms with Crippen LogP contribution in [0, 0.1) is 6.92 Å². The van der Waals surface area contributed by atoms with E-state index in [1.54, 1.807) is 43.0 Å². The number of amides is 1. The molecular weight excluding hydrogens is 459 g/mol. The Morgan fingerprint density at radius 2 is 1.94 bits per heavy atom. The summed E-state index contributed by atoms with van der Waals surface area (Å²) in [5.41, 5.74) is 0.867. The number of nitrogens with zero attached hydrogens (tertiary/aromatic N) is 5. The summed E-state index contributed by atoms with van der Waals surface area (Å²) < 4.78 is 18.0. The minimum atomic E-state index is -2.28. The van der Waals surface area contributed by atoms with Gasteiger partial charge in [-0.25, -0.2) is 14.2 Å². The first kappa shape index (κ1) is 23.2. The third kappa shape index (κ3) is 5.81. The summed E-state index contributed by atoms with van der Waals surface area (Å²) >= 11 is 12.0. The van der Waals surface area contributed by atoms with Gasteiger partial charge in [0.05, 0.1) is 17.9 Å². The number of nitrogens with one attached hydrogen (secondary N) is 1. The van der Waals surface area contributed by atoms with Crippen LogP contribution >= 0.6 is 23.2 Å². The van der Waals surface area contributed by atoms with Crippen molar-refractivity contribution < 1.29 is 9.00 Å². The molecule has 31 heavy (non-hydrogen) atoms. The van der Waals surface area contributed by atoms with Crippen molar-refractivity contribution in [2.75, 3.05) is 12.0 Å². The molecule has 0 saturated heterocycles. The molecule has 0 fully saturated rings. The fourth-order valence-corrected chi connectivity index (χ4v) is 3.96. The van der Waals surface area contributed by atoms with Gasteiger partial charge >= 0.3 is 0 Å². The maximum atomic E-state index is 12.7. The Hall–Kier alpha value is -2.49. The standard InChI is InChI=1S/C20H22Cl2N6O2S/c1-5-31(4,30)27-17-6-7-18(23-11-17)28-19(25-13(3)26-28)12(2)24-20(29)14-8-15(21)10-16(22)9-14/h6-12H,5H2,1-4H3,(H,24,29)/t12-,31?/m0/s1. The van der Waals surface area contributed by atoms with Gasteiger partial charge in [0.1, 0.15) is 5.82 Å². The van der Waals surface area contributed by atoms with E-state index in [4.69, 9.17) is 23.2 Å². The minimum Gasteiger partial charge on any atom is -0.342 e. The van der Waals surface area contributed by atoms with E-state index in [0.717, 1.165) is 0 Å². The molecule has 1 unspecified atom stereocenters. The van der Waals surface area contributed by atoms with Crippen LogP contribution in [0.4, 0.5) is 5.69 Å². The summed E-state index contributed by atoms with van der Waals surface area (Å²) in [6, 6.07) is 7.59. The number of carbonyl (C=O) groups excluding carboxylic acids is 1. The highest BCUT2D eigenvalue weighted by atomic mass is 35.5. The zero-order chi connectivity index (χ0) is 22.8. The van der Waals surface area contributed by atoms with Crippen LogP contribution in [-0.2, 0) is 9.73 Å². The smallest absolute Gasteiger partial charge is 0.251 e. The van der Waals surface area contributed by atoms with E-state index in [1.165, 1.54) is 18.3 Å². The van der Waals surface area contributed by atoms with Crippen LogP contribution in [0.1, 0.15) is 41.9 Å². The van der Waals surface area contributed by atoms with Gasteiger partial charge in [0.25, 0.3) is 5.91 Å². The lowest BCUT2D eigenvalue weighted by Gasteiger charge is -2.14. The summed E-state index contributed by atoms with van der Waals surface area (Å²) in [5.74, 6) is 1.64. The Balaban J connectivity index is 1.87. The Morgan fingerprint density at radius 3 is 2.52 bits per heavy atom. The monoisotopic (exact) mass is 480 g/mol. The number of hydrogen-bond donors (Lipinski definition) is 1. The largest absolute Gasteiger partial charge is 0.342 e.